The highest BCUT2D eigenvalue weighted by molar-refractivity contribution is 7.91. The molecule has 1 atom stereocenters. The van der Waals surface area contributed by atoms with Gasteiger partial charge in [0, 0.05) is 55.8 Å². The van der Waals surface area contributed by atoms with E-state index in [1.165, 1.54) is 6.07 Å². The molecule has 7 nitrogen and oxygen atoms in total. The second-order valence-corrected chi connectivity index (χ2v) is 9.77. The maximum atomic E-state index is 12.0. The molecule has 0 aliphatic carbocycles. The van der Waals surface area contributed by atoms with Crippen molar-refractivity contribution in [3.63, 3.8) is 0 Å². The molecule has 2 aromatic rings. The average molecular weight is 392 g/mol. The van der Waals surface area contributed by atoms with Gasteiger partial charge in [0.15, 0.2) is 9.84 Å². The van der Waals surface area contributed by atoms with Gasteiger partial charge in [0.25, 0.3) is 0 Å². The molecule has 0 bridgehead atoms. The van der Waals surface area contributed by atoms with Crippen molar-refractivity contribution in [3.05, 3.63) is 39.7 Å². The number of sulfone groups is 1. The number of hydrogen-bond acceptors (Lipinski definition) is 7. The fraction of sp³-hybridized carbons (Fsp3) is 0.526. The third kappa shape index (κ3) is 3.74. The summed E-state index contributed by atoms with van der Waals surface area (Å²) in [7, 11) is -2.86. The maximum Gasteiger partial charge on any atom is 0.336 e. The number of nitrogens with zero attached hydrogens (tertiary/aromatic N) is 2. The van der Waals surface area contributed by atoms with Crippen molar-refractivity contribution in [3.8, 4) is 5.75 Å². The summed E-state index contributed by atoms with van der Waals surface area (Å²) in [6.45, 7) is 5.69. The number of phenols is 1. The molecule has 0 radical (unpaired) electrons. The minimum atomic E-state index is -2.86. The number of rotatable bonds is 3. The van der Waals surface area contributed by atoms with Crippen LogP contribution in [0.3, 0.4) is 0 Å². The van der Waals surface area contributed by atoms with Crippen LogP contribution in [0.25, 0.3) is 11.0 Å². The first-order valence-corrected chi connectivity index (χ1v) is 11.1. The summed E-state index contributed by atoms with van der Waals surface area (Å²) < 4.78 is 28.7. The van der Waals surface area contributed by atoms with Crippen molar-refractivity contribution in [2.75, 3.05) is 37.7 Å². The minimum absolute atomic E-state index is 0.114. The molecule has 146 valence electrons. The van der Waals surface area contributed by atoms with Gasteiger partial charge in [-0.3, -0.25) is 9.80 Å². The highest BCUT2D eigenvalue weighted by atomic mass is 32.2. The molecule has 4 rings (SSSR count). The van der Waals surface area contributed by atoms with Gasteiger partial charge in [-0.05, 0) is 31.0 Å². The Kier molecular flexibility index (Phi) is 4.73. The van der Waals surface area contributed by atoms with E-state index >= 15 is 0 Å². The topological polar surface area (TPSA) is 91.1 Å². The number of piperazine rings is 1. The Hall–Kier alpha value is -1.90. The lowest BCUT2D eigenvalue weighted by atomic mass is 10.1. The van der Waals surface area contributed by atoms with Crippen LogP contribution in [-0.4, -0.2) is 67.1 Å². The Balaban J connectivity index is 1.48. The first-order valence-electron chi connectivity index (χ1n) is 9.24. The zero-order valence-electron chi connectivity index (χ0n) is 15.3. The maximum absolute atomic E-state index is 12.0. The van der Waals surface area contributed by atoms with Crippen LogP contribution in [0.1, 0.15) is 17.5 Å². The number of benzene rings is 1. The second kappa shape index (κ2) is 6.92. The molecular weight excluding hydrogens is 368 g/mol. The minimum Gasteiger partial charge on any atom is -0.508 e. The Labute approximate surface area is 158 Å². The molecule has 0 saturated carbocycles. The Morgan fingerprint density at radius 3 is 2.63 bits per heavy atom. The number of hydrogen-bond donors (Lipinski definition) is 1. The fourth-order valence-corrected chi connectivity index (χ4v) is 5.90. The van der Waals surface area contributed by atoms with E-state index in [0.29, 0.717) is 23.4 Å². The van der Waals surface area contributed by atoms with Crippen LogP contribution in [0.5, 0.6) is 5.75 Å². The summed E-state index contributed by atoms with van der Waals surface area (Å²) in [6.07, 6.45) is 0.732. The zero-order chi connectivity index (χ0) is 19.2. The molecule has 8 heteroatoms. The average Bonchev–Trinajstić information content (AvgIpc) is 2.99. The summed E-state index contributed by atoms with van der Waals surface area (Å²) in [5.41, 5.74) is 1.48. The van der Waals surface area contributed by atoms with Crippen molar-refractivity contribution in [1.82, 2.24) is 9.80 Å². The molecule has 1 aromatic carbocycles. The third-order valence-electron chi connectivity index (χ3n) is 5.74. The van der Waals surface area contributed by atoms with Crippen LogP contribution in [0.4, 0.5) is 0 Å². The van der Waals surface area contributed by atoms with Gasteiger partial charge in [-0.15, -0.1) is 0 Å². The predicted molar refractivity (Wildman–Crippen MR) is 103 cm³/mol. The number of aryl methyl sites for hydroxylation is 1. The van der Waals surface area contributed by atoms with Crippen LogP contribution >= 0.6 is 0 Å². The Morgan fingerprint density at radius 1 is 1.22 bits per heavy atom. The molecule has 0 unspecified atom stereocenters. The zero-order valence-corrected chi connectivity index (χ0v) is 16.2. The monoisotopic (exact) mass is 392 g/mol. The first kappa shape index (κ1) is 18.5. The lowest BCUT2D eigenvalue weighted by molar-refractivity contribution is 0.100. The molecule has 0 spiro atoms. The molecule has 3 heterocycles. The van der Waals surface area contributed by atoms with Gasteiger partial charge in [-0.2, -0.15) is 0 Å². The highest BCUT2D eigenvalue weighted by Crippen LogP contribution is 2.28. The molecule has 2 aliphatic rings. The molecule has 0 amide bonds. The van der Waals surface area contributed by atoms with E-state index < -0.39 is 15.5 Å². The molecule has 2 aliphatic heterocycles. The van der Waals surface area contributed by atoms with Crippen LogP contribution < -0.4 is 5.63 Å². The summed E-state index contributed by atoms with van der Waals surface area (Å²) in [4.78, 5) is 16.5. The third-order valence-corrected chi connectivity index (χ3v) is 7.49. The normalized spacial score (nSPS) is 23.8. The summed E-state index contributed by atoms with van der Waals surface area (Å²) in [5, 5.41) is 10.7. The van der Waals surface area contributed by atoms with Gasteiger partial charge in [-0.1, -0.05) is 0 Å². The van der Waals surface area contributed by atoms with Gasteiger partial charge < -0.3 is 9.52 Å². The smallest absolute Gasteiger partial charge is 0.336 e. The number of aromatic hydroxyl groups is 1. The molecule has 1 aromatic heterocycles. The lowest BCUT2D eigenvalue weighted by Crippen LogP contribution is -2.50. The lowest BCUT2D eigenvalue weighted by Gasteiger charge is -2.37. The van der Waals surface area contributed by atoms with E-state index in [0.717, 1.165) is 43.5 Å². The molecule has 2 fully saturated rings. The summed E-state index contributed by atoms with van der Waals surface area (Å²) >= 11 is 0. The fourth-order valence-electron chi connectivity index (χ4n) is 4.14. The quantitative estimate of drug-likeness (QED) is 0.783. The van der Waals surface area contributed by atoms with Gasteiger partial charge >= 0.3 is 5.63 Å². The first-order chi connectivity index (χ1) is 12.8. The van der Waals surface area contributed by atoms with E-state index in [9.17, 15) is 18.3 Å². The predicted octanol–water partition coefficient (Wildman–Crippen LogP) is 1.11. The van der Waals surface area contributed by atoms with Crippen LogP contribution in [0.15, 0.2) is 27.4 Å². The van der Waals surface area contributed by atoms with Crippen molar-refractivity contribution in [2.45, 2.75) is 25.9 Å². The van der Waals surface area contributed by atoms with Crippen molar-refractivity contribution in [1.29, 1.82) is 0 Å². The van der Waals surface area contributed by atoms with Crippen LogP contribution in [-0.2, 0) is 16.4 Å². The van der Waals surface area contributed by atoms with Crippen molar-refractivity contribution >= 4 is 20.8 Å². The van der Waals surface area contributed by atoms with Crippen molar-refractivity contribution in [2.24, 2.45) is 0 Å². The molecule has 27 heavy (non-hydrogen) atoms. The number of fused-ring (bicyclic) bond motifs is 1. The second-order valence-electron chi connectivity index (χ2n) is 7.55. The van der Waals surface area contributed by atoms with E-state index in [1.807, 2.05) is 0 Å². The van der Waals surface area contributed by atoms with Crippen LogP contribution in [0, 0.1) is 6.92 Å². The van der Waals surface area contributed by atoms with E-state index in [1.54, 1.807) is 19.1 Å². The van der Waals surface area contributed by atoms with E-state index in [2.05, 4.69) is 9.80 Å². The molecule has 1 N–H and O–H groups in total. The molecular formula is C19H24N2O5S. The number of phenolic OH excluding ortho intramolecular Hbond substituents is 1. The summed E-state index contributed by atoms with van der Waals surface area (Å²) in [6, 6.07) is 5.08. The van der Waals surface area contributed by atoms with Gasteiger partial charge in [0.05, 0.1) is 11.5 Å². The highest BCUT2D eigenvalue weighted by Gasteiger charge is 2.33. The van der Waals surface area contributed by atoms with Gasteiger partial charge in [0.1, 0.15) is 11.3 Å². The largest absolute Gasteiger partial charge is 0.508 e. The molecule has 2 saturated heterocycles. The van der Waals surface area contributed by atoms with E-state index in [-0.39, 0.29) is 17.5 Å². The SMILES string of the molecule is Cc1c(O)ccc2c(CN3CCN([C@@H]4CCS(=O)(=O)C4)CC3)cc(=O)oc12. The summed E-state index contributed by atoms with van der Waals surface area (Å²) in [5.74, 6) is 0.693. The van der Waals surface area contributed by atoms with E-state index in [4.69, 9.17) is 4.42 Å². The standard InChI is InChI=1S/C19H24N2O5S/c1-13-17(22)3-2-16-14(10-18(23)26-19(13)16)11-20-5-7-21(8-6-20)15-4-9-27(24,25)12-15/h2-3,10,15,22H,4-9,11-12H2,1H3/t15-/m1/s1. The van der Waals surface area contributed by atoms with Gasteiger partial charge in [-0.25, -0.2) is 13.2 Å². The van der Waals surface area contributed by atoms with Gasteiger partial charge in [0.2, 0.25) is 0 Å². The van der Waals surface area contributed by atoms with Crippen molar-refractivity contribution < 1.29 is 17.9 Å². The Morgan fingerprint density at radius 2 is 1.96 bits per heavy atom. The Bertz CT molecular complexity index is 1020. The van der Waals surface area contributed by atoms with Crippen LogP contribution in [0.2, 0.25) is 0 Å².